The van der Waals surface area contributed by atoms with Crippen molar-refractivity contribution in [2.45, 2.75) is 43.7 Å². The number of nitrogens with zero attached hydrogens (tertiary/aromatic N) is 8. The molecule has 5 rings (SSSR count). The summed E-state index contributed by atoms with van der Waals surface area (Å²) in [5.74, 6) is -0.478. The number of azide groups is 1. The Morgan fingerprint density at radius 2 is 1.91 bits per heavy atom. The van der Waals surface area contributed by atoms with Gasteiger partial charge in [-0.05, 0) is 34.7 Å². The van der Waals surface area contributed by atoms with Crippen LogP contribution in [0.2, 0.25) is 0 Å². The Hall–Kier alpha value is -4.73. The summed E-state index contributed by atoms with van der Waals surface area (Å²) in [7, 11) is -3.04. The number of aliphatic hydroxyl groups excluding tert-OH is 2. The first kappa shape index (κ1) is 30.7. The van der Waals surface area contributed by atoms with Gasteiger partial charge in [-0.15, -0.1) is 4.52 Å². The zero-order chi connectivity index (χ0) is 31.3. The average molecular weight is 625 g/mol. The van der Waals surface area contributed by atoms with E-state index in [9.17, 15) is 25.1 Å². The third-order valence-electron chi connectivity index (χ3n) is 6.66. The van der Waals surface area contributed by atoms with Crippen molar-refractivity contribution >= 4 is 31.1 Å². The molecule has 1 aliphatic heterocycles. The number of nitrogens with two attached hydrogens (primary N) is 1. The van der Waals surface area contributed by atoms with Crippen LogP contribution in [0.1, 0.15) is 18.7 Å². The number of hydroxylamine groups is 1. The van der Waals surface area contributed by atoms with Crippen LogP contribution in [-0.2, 0) is 30.0 Å². The maximum absolute atomic E-state index is 13.5. The number of benzene rings is 2. The Labute approximate surface area is 250 Å². The van der Waals surface area contributed by atoms with Gasteiger partial charge >= 0.3 is 14.1 Å². The maximum Gasteiger partial charge on any atom is 0.653 e. The lowest BCUT2D eigenvalue weighted by atomic mass is 10.1. The molecule has 228 valence electrons. The van der Waals surface area contributed by atoms with Gasteiger partial charge in [-0.3, -0.25) is 9.36 Å². The number of fused-ring (bicyclic) bond motifs is 1. The van der Waals surface area contributed by atoms with E-state index in [2.05, 4.69) is 25.0 Å². The highest BCUT2D eigenvalue weighted by atomic mass is 31.1. The van der Waals surface area contributed by atoms with Gasteiger partial charge in [0.25, 0.3) is 0 Å². The molecule has 2 unspecified atom stereocenters. The minimum atomic E-state index is -3.04. The second-order valence-corrected chi connectivity index (χ2v) is 10.7. The zero-order valence-electron chi connectivity index (χ0n) is 23.1. The minimum absolute atomic E-state index is 0.0420. The van der Waals surface area contributed by atoms with Gasteiger partial charge in [0, 0.05) is 4.91 Å². The number of nitrogen functional groups attached to an aromatic ring is 1. The fourth-order valence-electron chi connectivity index (χ4n) is 4.34. The summed E-state index contributed by atoms with van der Waals surface area (Å²) in [4.78, 5) is 34.3. The van der Waals surface area contributed by atoms with E-state index in [4.69, 9.17) is 24.6 Å². The van der Waals surface area contributed by atoms with Crippen LogP contribution in [0.5, 0.6) is 5.75 Å². The summed E-state index contributed by atoms with van der Waals surface area (Å²) in [6.07, 6.45) is -2.49. The first-order chi connectivity index (χ1) is 21.2. The van der Waals surface area contributed by atoms with Crippen molar-refractivity contribution in [3.05, 3.63) is 89.3 Å². The molecular weight excluding hydrogens is 597 g/mol. The zero-order valence-corrected chi connectivity index (χ0v) is 24.0. The van der Waals surface area contributed by atoms with E-state index in [1.165, 1.54) is 24.1 Å². The molecule has 18 heteroatoms. The molecule has 0 saturated carbocycles. The van der Waals surface area contributed by atoms with Crippen molar-refractivity contribution in [3.63, 3.8) is 0 Å². The molecule has 0 spiro atoms. The Bertz CT molecular complexity index is 1670. The van der Waals surface area contributed by atoms with Gasteiger partial charge in [-0.25, -0.2) is 15.0 Å². The minimum Gasteiger partial charge on any atom is -0.459 e. The number of rotatable bonds is 12. The number of carbonyl (C=O) groups is 1. The number of imidazole rings is 1. The number of ether oxygens (including phenoxy) is 2. The molecule has 17 nitrogen and oxygen atoms in total. The smallest absolute Gasteiger partial charge is 0.459 e. The van der Waals surface area contributed by atoms with Gasteiger partial charge in [0.2, 0.25) is 5.72 Å². The van der Waals surface area contributed by atoms with Gasteiger partial charge in [-0.1, -0.05) is 53.6 Å². The number of esters is 1. The first-order valence-corrected chi connectivity index (χ1v) is 14.2. The summed E-state index contributed by atoms with van der Waals surface area (Å²) in [6, 6.07) is 15.9. The van der Waals surface area contributed by atoms with Crippen LogP contribution in [0.15, 0.2) is 78.4 Å². The van der Waals surface area contributed by atoms with Gasteiger partial charge in [0.1, 0.15) is 42.1 Å². The normalized spacial score (nSPS) is 22.4. The maximum atomic E-state index is 13.5. The van der Waals surface area contributed by atoms with Crippen LogP contribution < -0.4 is 10.6 Å². The molecule has 3 heterocycles. The standard InChI is InChI=1S/C26H27N9O8P/c1-16(25(38)40-12-17-8-4-2-5-9-17)35(43-18-10-6-3-7-11-18)44(39)41-13-26(32-33-28)21(37)20(36)24(42-26)34-15-31-19-22(27)29-14-30-23(19)34/h2-11,14-16,20-21,24,36-37H,12-13H2,1H3,(H2,27,29,30)/q+1/t16?,20-,21+,24-,26-/m1/s1. The molecule has 0 aliphatic carbocycles. The topological polar surface area (TPSA) is 233 Å². The van der Waals surface area contributed by atoms with Gasteiger partial charge in [0.05, 0.1) is 6.33 Å². The van der Waals surface area contributed by atoms with E-state index in [-0.39, 0.29) is 29.3 Å². The molecule has 0 radical (unpaired) electrons. The van der Waals surface area contributed by atoms with Crippen LogP contribution >= 0.6 is 8.18 Å². The van der Waals surface area contributed by atoms with Gasteiger partial charge < -0.3 is 30.3 Å². The number of aromatic nitrogens is 4. The van der Waals surface area contributed by atoms with Crippen LogP contribution in [0.3, 0.4) is 0 Å². The Kier molecular flexibility index (Phi) is 9.27. The number of hydrogen-bond acceptors (Lipinski definition) is 13. The number of anilines is 1. The molecule has 1 aliphatic rings. The summed E-state index contributed by atoms with van der Waals surface area (Å²) in [6.45, 7) is 0.527. The molecule has 6 atom stereocenters. The molecular formula is C26H27N9O8P+. The number of hydrogen-bond donors (Lipinski definition) is 3. The summed E-state index contributed by atoms with van der Waals surface area (Å²) in [5.41, 5.74) is 14.0. The second kappa shape index (κ2) is 13.3. The molecule has 4 N–H and O–H groups in total. The van der Waals surface area contributed by atoms with E-state index in [1.807, 2.05) is 6.07 Å². The largest absolute Gasteiger partial charge is 0.653 e. The number of carbonyl (C=O) groups excluding carboxylic acids is 1. The average Bonchev–Trinajstić information content (AvgIpc) is 3.58. The Morgan fingerprint density at radius 1 is 1.20 bits per heavy atom. The highest BCUT2D eigenvalue weighted by Crippen LogP contribution is 2.43. The van der Waals surface area contributed by atoms with Crippen molar-refractivity contribution < 1.29 is 38.4 Å². The summed E-state index contributed by atoms with van der Waals surface area (Å²) >= 11 is 0. The van der Waals surface area contributed by atoms with Crippen molar-refractivity contribution in [2.75, 3.05) is 12.3 Å². The molecule has 4 aromatic rings. The molecule has 1 saturated heterocycles. The molecule has 0 amide bonds. The van der Waals surface area contributed by atoms with E-state index in [1.54, 1.807) is 54.6 Å². The molecule has 44 heavy (non-hydrogen) atoms. The molecule has 0 bridgehead atoms. The lowest BCUT2D eigenvalue weighted by Crippen LogP contribution is -2.45. The van der Waals surface area contributed by atoms with Gasteiger partial charge in [-0.2, -0.15) is 0 Å². The predicted molar refractivity (Wildman–Crippen MR) is 152 cm³/mol. The Balaban J connectivity index is 1.35. The quantitative estimate of drug-likeness (QED) is 0.0514. The number of para-hydroxylation sites is 1. The van der Waals surface area contributed by atoms with E-state index in [0.717, 1.165) is 10.4 Å². The van der Waals surface area contributed by atoms with Crippen LogP contribution in [0.25, 0.3) is 21.6 Å². The van der Waals surface area contributed by atoms with Crippen molar-refractivity contribution in [1.29, 1.82) is 0 Å². The molecule has 2 aromatic heterocycles. The third kappa shape index (κ3) is 6.29. The van der Waals surface area contributed by atoms with Gasteiger partial charge in [0.15, 0.2) is 29.5 Å². The summed E-state index contributed by atoms with van der Waals surface area (Å²) in [5, 5.41) is 25.4. The van der Waals surface area contributed by atoms with Crippen molar-refractivity contribution in [1.82, 2.24) is 24.4 Å². The van der Waals surface area contributed by atoms with Crippen LogP contribution in [-0.4, -0.2) is 71.1 Å². The van der Waals surface area contributed by atoms with E-state index >= 15 is 0 Å². The second-order valence-electron chi connectivity index (χ2n) is 9.55. The fraction of sp³-hybridized carbons (Fsp3) is 0.308. The van der Waals surface area contributed by atoms with E-state index < -0.39 is 51.0 Å². The first-order valence-electron chi connectivity index (χ1n) is 13.1. The van der Waals surface area contributed by atoms with Crippen molar-refractivity contribution in [3.8, 4) is 5.75 Å². The van der Waals surface area contributed by atoms with Crippen molar-refractivity contribution in [2.24, 2.45) is 5.11 Å². The SMILES string of the molecule is CC(C(=O)OCc1ccccc1)N(Oc1ccccc1)[P+](=O)OC[C@@]1(N=[N+]=[N-])O[C@@H](n2cnc3c(N)ncnc32)[C@H](O)[C@@H]1O. The monoisotopic (exact) mass is 624 g/mol. The van der Waals surface area contributed by atoms with Crippen LogP contribution in [0, 0.1) is 0 Å². The Morgan fingerprint density at radius 3 is 2.61 bits per heavy atom. The molecule has 2 aromatic carbocycles. The predicted octanol–water partition coefficient (Wildman–Crippen LogP) is 2.77. The summed E-state index contributed by atoms with van der Waals surface area (Å²) < 4.78 is 31.5. The van der Waals surface area contributed by atoms with E-state index in [0.29, 0.717) is 0 Å². The highest BCUT2D eigenvalue weighted by molar-refractivity contribution is 7.36. The third-order valence-corrected chi connectivity index (χ3v) is 7.76. The molecule has 1 fully saturated rings. The fourth-order valence-corrected chi connectivity index (χ4v) is 5.29. The lowest BCUT2D eigenvalue weighted by Gasteiger charge is -2.24. The number of aliphatic hydroxyl groups is 2. The lowest BCUT2D eigenvalue weighted by molar-refractivity contribution is -0.157. The highest BCUT2D eigenvalue weighted by Gasteiger charge is 2.58. The van der Waals surface area contributed by atoms with Crippen LogP contribution in [0.4, 0.5) is 5.82 Å².